The second-order valence-corrected chi connectivity index (χ2v) is 4.67. The largest absolute Gasteiger partial charge is 0.330 e. The molecule has 0 spiro atoms. The van der Waals surface area contributed by atoms with Gasteiger partial charge in [-0.25, -0.2) is 0 Å². The van der Waals surface area contributed by atoms with Crippen LogP contribution in [0.25, 0.3) is 10.9 Å². The highest BCUT2D eigenvalue weighted by Crippen LogP contribution is 2.22. The van der Waals surface area contributed by atoms with Gasteiger partial charge in [-0.05, 0) is 37.4 Å². The van der Waals surface area contributed by atoms with Gasteiger partial charge in [0.15, 0.2) is 0 Å². The van der Waals surface area contributed by atoms with E-state index in [1.165, 1.54) is 10.9 Å². The van der Waals surface area contributed by atoms with Gasteiger partial charge in [-0.3, -0.25) is 4.79 Å². The van der Waals surface area contributed by atoms with Gasteiger partial charge in [0, 0.05) is 18.0 Å². The van der Waals surface area contributed by atoms with Gasteiger partial charge in [0.25, 0.3) is 5.56 Å². The molecule has 96 valence electrons. The predicted molar refractivity (Wildman–Crippen MR) is 76.1 cm³/mol. The lowest BCUT2D eigenvalue weighted by atomic mass is 9.99. The zero-order valence-corrected chi connectivity index (χ0v) is 11.3. The van der Waals surface area contributed by atoms with Crippen LogP contribution in [0.4, 0.5) is 0 Å². The number of para-hydroxylation sites is 1. The van der Waals surface area contributed by atoms with Crippen molar-refractivity contribution in [1.82, 2.24) is 4.57 Å². The normalized spacial score (nSPS) is 11.1. The number of pyridine rings is 1. The highest BCUT2D eigenvalue weighted by Gasteiger charge is 2.13. The van der Waals surface area contributed by atoms with Crippen LogP contribution in [0.15, 0.2) is 23.0 Å². The van der Waals surface area contributed by atoms with Gasteiger partial charge >= 0.3 is 0 Å². The highest BCUT2D eigenvalue weighted by molar-refractivity contribution is 5.86. The summed E-state index contributed by atoms with van der Waals surface area (Å²) in [5.74, 6) is 0. The zero-order chi connectivity index (χ0) is 13.3. The molecule has 0 amide bonds. The third kappa shape index (κ3) is 1.85. The first-order valence-electron chi connectivity index (χ1n) is 6.42. The molecule has 2 N–H and O–H groups in total. The third-order valence-corrected chi connectivity index (χ3v) is 3.65. The van der Waals surface area contributed by atoms with Crippen LogP contribution in [0.5, 0.6) is 0 Å². The summed E-state index contributed by atoms with van der Waals surface area (Å²) >= 11 is 0. The fourth-order valence-electron chi connectivity index (χ4n) is 2.64. The first-order chi connectivity index (χ1) is 8.61. The summed E-state index contributed by atoms with van der Waals surface area (Å²) in [5, 5.41) is 1.17. The number of nitrogens with two attached hydrogens (primary N) is 1. The molecule has 0 unspecified atom stereocenters. The molecule has 0 bridgehead atoms. The Balaban J connectivity index is 2.93. The summed E-state index contributed by atoms with van der Waals surface area (Å²) in [7, 11) is 1.85. The van der Waals surface area contributed by atoms with Crippen molar-refractivity contribution in [1.29, 1.82) is 0 Å². The van der Waals surface area contributed by atoms with Crippen molar-refractivity contribution in [2.24, 2.45) is 12.8 Å². The first-order valence-corrected chi connectivity index (χ1v) is 6.42. The van der Waals surface area contributed by atoms with Crippen molar-refractivity contribution in [3.05, 3.63) is 45.2 Å². The van der Waals surface area contributed by atoms with Crippen molar-refractivity contribution in [3.63, 3.8) is 0 Å². The molecule has 0 aliphatic rings. The fourth-order valence-corrected chi connectivity index (χ4v) is 2.64. The molecule has 2 aromatic rings. The van der Waals surface area contributed by atoms with Crippen molar-refractivity contribution >= 4 is 10.9 Å². The smallest absolute Gasteiger partial charge is 0.254 e. The van der Waals surface area contributed by atoms with E-state index in [0.29, 0.717) is 13.0 Å². The Morgan fingerprint density at radius 3 is 2.67 bits per heavy atom. The monoisotopic (exact) mass is 244 g/mol. The molecule has 3 heteroatoms. The van der Waals surface area contributed by atoms with Crippen LogP contribution in [-0.4, -0.2) is 11.1 Å². The molecule has 0 fully saturated rings. The molecule has 18 heavy (non-hydrogen) atoms. The van der Waals surface area contributed by atoms with E-state index >= 15 is 0 Å². The summed E-state index contributed by atoms with van der Waals surface area (Å²) in [5.41, 5.74) is 9.89. The van der Waals surface area contributed by atoms with E-state index in [2.05, 4.69) is 25.1 Å². The van der Waals surface area contributed by atoms with Crippen LogP contribution in [0.1, 0.15) is 23.6 Å². The number of hydrogen-bond donors (Lipinski definition) is 1. The SMILES string of the molecule is CCc1cccc2c(C)c(CCN)c(=O)n(C)c12. The molecule has 0 aliphatic carbocycles. The highest BCUT2D eigenvalue weighted by atomic mass is 16.1. The van der Waals surface area contributed by atoms with E-state index < -0.39 is 0 Å². The summed E-state index contributed by atoms with van der Waals surface area (Å²) < 4.78 is 1.77. The summed E-state index contributed by atoms with van der Waals surface area (Å²) in [6.07, 6.45) is 1.57. The van der Waals surface area contributed by atoms with E-state index in [1.807, 2.05) is 14.0 Å². The lowest BCUT2D eigenvalue weighted by Gasteiger charge is -2.15. The van der Waals surface area contributed by atoms with Crippen LogP contribution in [0.2, 0.25) is 0 Å². The number of benzene rings is 1. The Kier molecular flexibility index (Phi) is 3.53. The Labute approximate surface area is 107 Å². The molecule has 1 aromatic carbocycles. The van der Waals surface area contributed by atoms with Gasteiger partial charge < -0.3 is 10.3 Å². The van der Waals surface area contributed by atoms with Crippen LogP contribution >= 0.6 is 0 Å². The maximum Gasteiger partial charge on any atom is 0.254 e. The lowest BCUT2D eigenvalue weighted by molar-refractivity contribution is 0.844. The molecule has 0 atom stereocenters. The van der Waals surface area contributed by atoms with Crippen LogP contribution < -0.4 is 11.3 Å². The van der Waals surface area contributed by atoms with Gasteiger partial charge in [0.05, 0.1) is 5.52 Å². The number of aromatic nitrogens is 1. The zero-order valence-electron chi connectivity index (χ0n) is 11.3. The average Bonchev–Trinajstić information content (AvgIpc) is 2.40. The minimum Gasteiger partial charge on any atom is -0.330 e. The van der Waals surface area contributed by atoms with Crippen molar-refractivity contribution in [2.45, 2.75) is 26.7 Å². The van der Waals surface area contributed by atoms with Crippen molar-refractivity contribution in [2.75, 3.05) is 6.54 Å². The molecule has 0 saturated carbocycles. The van der Waals surface area contributed by atoms with E-state index in [-0.39, 0.29) is 5.56 Å². The average molecular weight is 244 g/mol. The Morgan fingerprint density at radius 2 is 2.06 bits per heavy atom. The Bertz CT molecular complexity index is 641. The lowest BCUT2D eigenvalue weighted by Crippen LogP contribution is -2.25. The van der Waals surface area contributed by atoms with Gasteiger partial charge in [0.1, 0.15) is 0 Å². The fraction of sp³-hybridized carbons (Fsp3) is 0.400. The number of rotatable bonds is 3. The number of aryl methyl sites for hydroxylation is 3. The van der Waals surface area contributed by atoms with E-state index in [1.54, 1.807) is 4.57 Å². The topological polar surface area (TPSA) is 48.0 Å². The third-order valence-electron chi connectivity index (χ3n) is 3.65. The first kappa shape index (κ1) is 12.8. The van der Waals surface area contributed by atoms with Crippen LogP contribution in [0.3, 0.4) is 0 Å². The second kappa shape index (κ2) is 4.94. The number of fused-ring (bicyclic) bond motifs is 1. The Morgan fingerprint density at radius 1 is 1.33 bits per heavy atom. The van der Waals surface area contributed by atoms with Gasteiger partial charge in [-0.2, -0.15) is 0 Å². The summed E-state index contributed by atoms with van der Waals surface area (Å²) in [6.45, 7) is 4.64. The Hall–Kier alpha value is -1.61. The van der Waals surface area contributed by atoms with E-state index in [0.717, 1.165) is 23.1 Å². The summed E-state index contributed by atoms with van der Waals surface area (Å²) in [6, 6.07) is 6.23. The van der Waals surface area contributed by atoms with E-state index in [9.17, 15) is 4.79 Å². The van der Waals surface area contributed by atoms with Gasteiger partial charge in [-0.15, -0.1) is 0 Å². The minimum absolute atomic E-state index is 0.0892. The molecular formula is C15H20N2O. The molecule has 1 heterocycles. The van der Waals surface area contributed by atoms with Crippen LogP contribution in [0, 0.1) is 6.92 Å². The molecule has 2 rings (SSSR count). The maximum atomic E-state index is 12.4. The molecule has 0 aliphatic heterocycles. The van der Waals surface area contributed by atoms with E-state index in [4.69, 9.17) is 5.73 Å². The quantitative estimate of drug-likeness (QED) is 0.896. The minimum atomic E-state index is 0.0892. The second-order valence-electron chi connectivity index (χ2n) is 4.67. The molecular weight excluding hydrogens is 224 g/mol. The van der Waals surface area contributed by atoms with Crippen LogP contribution in [-0.2, 0) is 19.9 Å². The van der Waals surface area contributed by atoms with Crippen molar-refractivity contribution < 1.29 is 0 Å². The molecule has 1 aromatic heterocycles. The predicted octanol–water partition coefficient (Wildman–Crippen LogP) is 1.91. The maximum absolute atomic E-state index is 12.4. The van der Waals surface area contributed by atoms with Gasteiger partial charge in [0.2, 0.25) is 0 Å². The standard InChI is InChI=1S/C15H20N2O/c1-4-11-6-5-7-12-10(2)13(8-9-16)15(18)17(3)14(11)12/h5-7H,4,8-9,16H2,1-3H3. The molecule has 3 nitrogen and oxygen atoms in total. The molecule has 0 radical (unpaired) electrons. The molecule has 0 saturated heterocycles. The number of hydrogen-bond acceptors (Lipinski definition) is 2. The van der Waals surface area contributed by atoms with Gasteiger partial charge in [-0.1, -0.05) is 25.1 Å². The summed E-state index contributed by atoms with van der Waals surface area (Å²) in [4.78, 5) is 12.4. The van der Waals surface area contributed by atoms with Crippen molar-refractivity contribution in [3.8, 4) is 0 Å². The number of nitrogens with zero attached hydrogens (tertiary/aromatic N) is 1.